The van der Waals surface area contributed by atoms with E-state index in [2.05, 4.69) is 5.32 Å². The summed E-state index contributed by atoms with van der Waals surface area (Å²) in [5.41, 5.74) is -0.712. The van der Waals surface area contributed by atoms with E-state index in [-0.39, 0.29) is 5.56 Å². The van der Waals surface area contributed by atoms with Crippen LogP contribution in [0.5, 0.6) is 0 Å². The first kappa shape index (κ1) is 15.1. The molecule has 0 aliphatic carbocycles. The number of hydrogen-bond acceptors (Lipinski definition) is 2. The van der Waals surface area contributed by atoms with Crippen molar-refractivity contribution in [2.75, 3.05) is 0 Å². The van der Waals surface area contributed by atoms with Crippen LogP contribution in [0, 0.1) is 12.7 Å². The molecule has 1 atom stereocenters. The molecule has 0 spiro atoms. The molecule has 0 radical (unpaired) electrons. The van der Waals surface area contributed by atoms with Gasteiger partial charge in [0.25, 0.3) is 5.91 Å². The molecule has 0 aliphatic heterocycles. The van der Waals surface area contributed by atoms with Crippen molar-refractivity contribution < 1.29 is 19.1 Å². The van der Waals surface area contributed by atoms with Crippen molar-refractivity contribution in [1.29, 1.82) is 0 Å². The predicted octanol–water partition coefficient (Wildman–Crippen LogP) is 2.51. The van der Waals surface area contributed by atoms with Gasteiger partial charge in [-0.1, -0.05) is 13.3 Å². The Hall–Kier alpha value is -1.91. The maximum absolute atomic E-state index is 13.1. The molecular formula is C14H18FNO3. The second kappa shape index (κ2) is 5.82. The van der Waals surface area contributed by atoms with Gasteiger partial charge >= 0.3 is 5.97 Å². The van der Waals surface area contributed by atoms with Gasteiger partial charge in [0.2, 0.25) is 0 Å². The molecule has 0 saturated carbocycles. The van der Waals surface area contributed by atoms with Gasteiger partial charge in [0, 0.05) is 5.56 Å². The monoisotopic (exact) mass is 267 g/mol. The standard InChI is InChI=1S/C14H18FNO3/c1-4-7-14(3,13(18)19)16-12(17)10-5-6-11(15)9(2)8-10/h5-6,8H,4,7H2,1-3H3,(H,16,17)(H,18,19). The number of carboxylic acid groups (broad SMARTS) is 1. The molecule has 0 fully saturated rings. The van der Waals surface area contributed by atoms with Gasteiger partial charge in [-0.15, -0.1) is 0 Å². The third-order valence-electron chi connectivity index (χ3n) is 3.03. The van der Waals surface area contributed by atoms with E-state index in [9.17, 15) is 19.1 Å². The highest BCUT2D eigenvalue weighted by Gasteiger charge is 2.34. The van der Waals surface area contributed by atoms with E-state index in [4.69, 9.17) is 0 Å². The van der Waals surface area contributed by atoms with Crippen molar-refractivity contribution in [2.45, 2.75) is 39.2 Å². The second-order valence-corrected chi connectivity index (χ2v) is 4.81. The maximum Gasteiger partial charge on any atom is 0.329 e. The molecule has 0 bridgehead atoms. The largest absolute Gasteiger partial charge is 0.480 e. The smallest absolute Gasteiger partial charge is 0.329 e. The number of halogens is 1. The van der Waals surface area contributed by atoms with Gasteiger partial charge in [0.15, 0.2) is 0 Å². The third kappa shape index (κ3) is 3.53. The number of nitrogens with one attached hydrogen (secondary N) is 1. The molecule has 1 aromatic carbocycles. The number of benzene rings is 1. The third-order valence-corrected chi connectivity index (χ3v) is 3.03. The summed E-state index contributed by atoms with van der Waals surface area (Å²) in [5, 5.41) is 11.7. The first-order valence-electron chi connectivity index (χ1n) is 6.12. The van der Waals surface area contributed by atoms with Crippen LogP contribution in [-0.2, 0) is 4.79 Å². The summed E-state index contributed by atoms with van der Waals surface area (Å²) in [6, 6.07) is 3.94. The molecule has 4 nitrogen and oxygen atoms in total. The Morgan fingerprint density at radius 1 is 1.42 bits per heavy atom. The van der Waals surface area contributed by atoms with Gasteiger partial charge in [-0.05, 0) is 44.0 Å². The molecule has 1 rings (SSSR count). The molecule has 1 unspecified atom stereocenters. The highest BCUT2D eigenvalue weighted by Crippen LogP contribution is 2.15. The molecule has 1 aromatic rings. The van der Waals surface area contributed by atoms with Crippen molar-refractivity contribution >= 4 is 11.9 Å². The first-order chi connectivity index (χ1) is 8.80. The summed E-state index contributed by atoms with van der Waals surface area (Å²) in [4.78, 5) is 23.2. The van der Waals surface area contributed by atoms with Crippen LogP contribution in [-0.4, -0.2) is 22.5 Å². The number of aliphatic carboxylic acids is 1. The first-order valence-corrected chi connectivity index (χ1v) is 6.12. The number of rotatable bonds is 5. The van der Waals surface area contributed by atoms with Crippen LogP contribution in [0.4, 0.5) is 4.39 Å². The lowest BCUT2D eigenvalue weighted by Gasteiger charge is -2.25. The molecule has 0 aliphatic rings. The van der Waals surface area contributed by atoms with E-state index in [1.807, 2.05) is 6.92 Å². The van der Waals surface area contributed by atoms with Gasteiger partial charge in [-0.25, -0.2) is 9.18 Å². The summed E-state index contributed by atoms with van der Waals surface area (Å²) in [5.74, 6) is -1.99. The Balaban J connectivity index is 2.94. The highest BCUT2D eigenvalue weighted by molar-refractivity contribution is 5.97. The van der Waals surface area contributed by atoms with Crippen molar-refractivity contribution in [1.82, 2.24) is 5.32 Å². The van der Waals surface area contributed by atoms with Crippen LogP contribution in [0.1, 0.15) is 42.6 Å². The number of carbonyl (C=O) groups is 2. The second-order valence-electron chi connectivity index (χ2n) is 4.81. The SMILES string of the molecule is CCCC(C)(NC(=O)c1ccc(F)c(C)c1)C(=O)O. The van der Waals surface area contributed by atoms with Crippen LogP contribution in [0.3, 0.4) is 0 Å². The Morgan fingerprint density at radius 2 is 2.05 bits per heavy atom. The van der Waals surface area contributed by atoms with Crippen LogP contribution >= 0.6 is 0 Å². The van der Waals surface area contributed by atoms with Gasteiger partial charge in [0.1, 0.15) is 11.4 Å². The van der Waals surface area contributed by atoms with E-state index >= 15 is 0 Å². The fraction of sp³-hybridized carbons (Fsp3) is 0.429. The number of carboxylic acids is 1. The number of hydrogen-bond donors (Lipinski definition) is 2. The van der Waals surface area contributed by atoms with Gasteiger partial charge in [-0.3, -0.25) is 4.79 Å². The Kier molecular flexibility index (Phi) is 4.64. The van der Waals surface area contributed by atoms with Crippen molar-refractivity contribution in [2.24, 2.45) is 0 Å². The van der Waals surface area contributed by atoms with Gasteiger partial charge < -0.3 is 10.4 Å². The minimum Gasteiger partial charge on any atom is -0.480 e. The lowest BCUT2D eigenvalue weighted by Crippen LogP contribution is -2.52. The zero-order chi connectivity index (χ0) is 14.6. The molecule has 0 saturated heterocycles. The van der Waals surface area contributed by atoms with Crippen molar-refractivity contribution in [3.8, 4) is 0 Å². The van der Waals surface area contributed by atoms with Crippen LogP contribution in [0.2, 0.25) is 0 Å². The molecular weight excluding hydrogens is 249 g/mol. The Morgan fingerprint density at radius 3 is 2.53 bits per heavy atom. The topological polar surface area (TPSA) is 66.4 Å². The molecule has 1 amide bonds. The summed E-state index contributed by atoms with van der Waals surface area (Å²) in [6.07, 6.45) is 0.958. The van der Waals surface area contributed by atoms with E-state index in [0.29, 0.717) is 18.4 Å². The zero-order valence-electron chi connectivity index (χ0n) is 11.3. The highest BCUT2D eigenvalue weighted by atomic mass is 19.1. The average Bonchev–Trinajstić information content (AvgIpc) is 2.32. The average molecular weight is 267 g/mol. The number of amides is 1. The van der Waals surface area contributed by atoms with Crippen LogP contribution in [0.15, 0.2) is 18.2 Å². The Labute approximate surface area is 111 Å². The van der Waals surface area contributed by atoms with Gasteiger partial charge in [-0.2, -0.15) is 0 Å². The molecule has 0 aromatic heterocycles. The Bertz CT molecular complexity index is 501. The van der Waals surface area contributed by atoms with E-state index in [1.165, 1.54) is 25.1 Å². The summed E-state index contributed by atoms with van der Waals surface area (Å²) in [7, 11) is 0. The van der Waals surface area contributed by atoms with Gasteiger partial charge in [0.05, 0.1) is 0 Å². The van der Waals surface area contributed by atoms with E-state index in [1.54, 1.807) is 6.92 Å². The minimum absolute atomic E-state index is 0.252. The fourth-order valence-electron chi connectivity index (χ4n) is 1.83. The summed E-state index contributed by atoms with van der Waals surface area (Å²) >= 11 is 0. The summed E-state index contributed by atoms with van der Waals surface area (Å²) in [6.45, 7) is 4.86. The molecule has 19 heavy (non-hydrogen) atoms. The quantitative estimate of drug-likeness (QED) is 0.861. The zero-order valence-corrected chi connectivity index (χ0v) is 11.3. The molecule has 0 heterocycles. The maximum atomic E-state index is 13.1. The van der Waals surface area contributed by atoms with Crippen LogP contribution in [0.25, 0.3) is 0 Å². The van der Waals surface area contributed by atoms with E-state index in [0.717, 1.165) is 0 Å². The minimum atomic E-state index is -1.31. The van der Waals surface area contributed by atoms with Crippen LogP contribution < -0.4 is 5.32 Å². The number of aryl methyl sites for hydroxylation is 1. The normalized spacial score (nSPS) is 13.7. The lowest BCUT2D eigenvalue weighted by atomic mass is 9.95. The number of carbonyl (C=O) groups excluding carboxylic acids is 1. The predicted molar refractivity (Wildman–Crippen MR) is 69.6 cm³/mol. The van der Waals surface area contributed by atoms with E-state index < -0.39 is 23.2 Å². The molecule has 104 valence electrons. The van der Waals surface area contributed by atoms with Crippen molar-refractivity contribution in [3.63, 3.8) is 0 Å². The van der Waals surface area contributed by atoms with Crippen molar-refractivity contribution in [3.05, 3.63) is 35.1 Å². The summed E-state index contributed by atoms with van der Waals surface area (Å²) < 4.78 is 13.1. The fourth-order valence-corrected chi connectivity index (χ4v) is 1.83. The lowest BCUT2D eigenvalue weighted by molar-refractivity contribution is -0.144. The molecule has 2 N–H and O–H groups in total. The molecule has 5 heteroatoms.